The van der Waals surface area contributed by atoms with Crippen LogP contribution in [-0.4, -0.2) is 6.54 Å². The monoisotopic (exact) mass is 265 g/mol. The average Bonchev–Trinajstić information content (AvgIpc) is 2.40. The van der Waals surface area contributed by atoms with Gasteiger partial charge in [0.1, 0.15) is 0 Å². The second-order valence-electron chi connectivity index (χ2n) is 3.95. The van der Waals surface area contributed by atoms with Crippen LogP contribution in [0.5, 0.6) is 0 Å². The first kappa shape index (κ1) is 15.9. The summed E-state index contributed by atoms with van der Waals surface area (Å²) in [4.78, 5) is 0. The van der Waals surface area contributed by atoms with Crippen molar-refractivity contribution in [1.82, 2.24) is 0 Å². The number of hydrogen-bond donors (Lipinski definition) is 1. The van der Waals surface area contributed by atoms with Crippen molar-refractivity contribution in [2.75, 3.05) is 11.9 Å². The smallest absolute Gasteiger partial charge is 0.851 e. The molecule has 0 aliphatic carbocycles. The molecule has 3 heteroatoms. The fourth-order valence-corrected chi connectivity index (χ4v) is 1.78. The van der Waals surface area contributed by atoms with Crippen LogP contribution in [-0.2, 0) is 6.61 Å². The van der Waals surface area contributed by atoms with Gasteiger partial charge in [0.25, 0.3) is 0 Å². The quantitative estimate of drug-likeness (QED) is 0.767. The summed E-state index contributed by atoms with van der Waals surface area (Å²) in [5.74, 6) is 0. The molecule has 2 aromatic rings. The van der Waals surface area contributed by atoms with Crippen molar-refractivity contribution in [2.45, 2.75) is 13.5 Å². The third-order valence-electron chi connectivity index (χ3n) is 2.72. The van der Waals surface area contributed by atoms with Crippen LogP contribution in [0.1, 0.15) is 12.5 Å². The molecule has 0 saturated carbocycles. The van der Waals surface area contributed by atoms with E-state index in [1.54, 1.807) is 0 Å². The van der Waals surface area contributed by atoms with E-state index in [-0.39, 0.29) is 58.0 Å². The third-order valence-corrected chi connectivity index (χ3v) is 2.72. The number of anilines is 1. The molecular weight excluding hydrogens is 249 g/mol. The van der Waals surface area contributed by atoms with E-state index in [2.05, 4.69) is 36.5 Å². The van der Waals surface area contributed by atoms with E-state index < -0.39 is 0 Å². The number of nitrogens with one attached hydrogen (secondary N) is 1. The van der Waals surface area contributed by atoms with Crippen LogP contribution in [0, 0.1) is 0 Å². The summed E-state index contributed by atoms with van der Waals surface area (Å²) in [6.07, 6.45) is 0. The summed E-state index contributed by atoms with van der Waals surface area (Å²) < 4.78 is 0. The van der Waals surface area contributed by atoms with Crippen LogP contribution in [0.25, 0.3) is 11.1 Å². The van der Waals surface area contributed by atoms with E-state index in [4.69, 9.17) is 0 Å². The van der Waals surface area contributed by atoms with Gasteiger partial charge in [-0.05, 0) is 30.2 Å². The van der Waals surface area contributed by atoms with Crippen LogP contribution >= 0.6 is 0 Å². The Kier molecular flexibility index (Phi) is 7.15. The Labute approximate surface area is 151 Å². The molecule has 0 bridgehead atoms. The zero-order chi connectivity index (χ0) is 12.1. The predicted octanol–water partition coefficient (Wildman–Crippen LogP) is -0.350. The minimum absolute atomic E-state index is 0. The van der Waals surface area contributed by atoms with Gasteiger partial charge in [0, 0.05) is 12.2 Å². The molecule has 88 valence electrons. The fourth-order valence-electron chi connectivity index (χ4n) is 1.78. The van der Waals surface area contributed by atoms with Crippen LogP contribution in [0.2, 0.25) is 0 Å². The molecule has 0 aromatic heterocycles. The molecule has 0 aliphatic rings. The molecule has 0 radical (unpaired) electrons. The van der Waals surface area contributed by atoms with Gasteiger partial charge in [-0.25, -0.2) is 0 Å². The molecule has 2 rings (SSSR count). The van der Waals surface area contributed by atoms with E-state index in [9.17, 15) is 5.11 Å². The maximum absolute atomic E-state index is 10.7. The van der Waals surface area contributed by atoms with E-state index in [1.165, 1.54) is 5.56 Å². The van der Waals surface area contributed by atoms with Gasteiger partial charge < -0.3 is 10.4 Å². The minimum Gasteiger partial charge on any atom is -0.851 e. The Hall–Kier alpha value is -0.164. The van der Waals surface area contributed by atoms with Crippen LogP contribution in [0.4, 0.5) is 5.69 Å². The van der Waals surface area contributed by atoms with E-state index in [0.29, 0.717) is 0 Å². The van der Waals surface area contributed by atoms with Crippen molar-refractivity contribution < 1.29 is 56.5 Å². The maximum Gasteiger partial charge on any atom is 1.00 e. The Morgan fingerprint density at radius 2 is 1.39 bits per heavy atom. The summed E-state index contributed by atoms with van der Waals surface area (Å²) in [6, 6.07) is 16.1. The number of hydrogen-bond acceptors (Lipinski definition) is 2. The molecule has 0 unspecified atom stereocenters. The van der Waals surface area contributed by atoms with Gasteiger partial charge in [-0.2, -0.15) is 0 Å². The van der Waals surface area contributed by atoms with Crippen molar-refractivity contribution in [3.8, 4) is 11.1 Å². The Balaban J connectivity index is 0.00000162. The molecule has 0 fully saturated rings. The van der Waals surface area contributed by atoms with Crippen LogP contribution < -0.4 is 61.8 Å². The van der Waals surface area contributed by atoms with Gasteiger partial charge in [0.15, 0.2) is 0 Å². The summed E-state index contributed by atoms with van der Waals surface area (Å²) in [5.41, 5.74) is 4.28. The van der Waals surface area contributed by atoms with Gasteiger partial charge in [-0.15, -0.1) is 6.61 Å². The third kappa shape index (κ3) is 4.19. The van der Waals surface area contributed by atoms with Gasteiger partial charge in [-0.1, -0.05) is 42.0 Å². The Morgan fingerprint density at radius 3 is 1.83 bits per heavy atom. The molecule has 0 amide bonds. The van der Waals surface area contributed by atoms with Crippen molar-refractivity contribution in [2.24, 2.45) is 0 Å². The van der Waals surface area contributed by atoms with Gasteiger partial charge >= 0.3 is 51.4 Å². The first-order valence-corrected chi connectivity index (χ1v) is 5.85. The number of benzene rings is 2. The molecule has 0 aliphatic heterocycles. The summed E-state index contributed by atoms with van der Waals surface area (Å²) in [5, 5.41) is 14.0. The molecule has 18 heavy (non-hydrogen) atoms. The first-order valence-electron chi connectivity index (χ1n) is 5.85. The molecule has 0 spiro atoms. The van der Waals surface area contributed by atoms with E-state index in [0.717, 1.165) is 23.4 Å². The topological polar surface area (TPSA) is 35.1 Å². The second-order valence-corrected chi connectivity index (χ2v) is 3.95. The predicted molar refractivity (Wildman–Crippen MR) is 69.7 cm³/mol. The maximum atomic E-state index is 10.7. The zero-order valence-corrected chi connectivity index (χ0v) is 14.1. The van der Waals surface area contributed by atoms with E-state index in [1.807, 2.05) is 24.3 Å². The normalized spacial score (nSPS) is 9.67. The van der Waals surface area contributed by atoms with Gasteiger partial charge in [-0.3, -0.25) is 0 Å². The van der Waals surface area contributed by atoms with E-state index >= 15 is 0 Å². The van der Waals surface area contributed by atoms with Crippen LogP contribution in [0.3, 0.4) is 0 Å². The second kappa shape index (κ2) is 8.10. The summed E-state index contributed by atoms with van der Waals surface area (Å²) >= 11 is 0. The van der Waals surface area contributed by atoms with Gasteiger partial charge in [0.2, 0.25) is 0 Å². The Morgan fingerprint density at radius 1 is 0.889 bits per heavy atom. The molecule has 2 nitrogen and oxygen atoms in total. The van der Waals surface area contributed by atoms with Crippen molar-refractivity contribution in [3.05, 3.63) is 54.1 Å². The Bertz CT molecular complexity index is 465. The molecule has 2 aromatic carbocycles. The van der Waals surface area contributed by atoms with Crippen molar-refractivity contribution in [3.63, 3.8) is 0 Å². The fraction of sp³-hybridized carbons (Fsp3) is 0.200. The minimum atomic E-state index is -0.153. The summed E-state index contributed by atoms with van der Waals surface area (Å²) in [6.45, 7) is 2.85. The SMILES string of the molecule is CCNc1ccc(-c2ccc(C[O-])cc2)cc1.[K+]. The van der Waals surface area contributed by atoms with Crippen LogP contribution in [0.15, 0.2) is 48.5 Å². The molecule has 0 saturated heterocycles. The molecule has 1 N–H and O–H groups in total. The standard InChI is InChI=1S/C15H16NO.K/c1-2-16-15-9-7-14(8-10-15)13-5-3-12(11-17)4-6-13;/h3-10,16H,2,11H2,1H3;/q-1;+1. The number of rotatable bonds is 4. The molecular formula is C15H16KNO. The largest absolute Gasteiger partial charge is 1.00 e. The molecule has 0 atom stereocenters. The summed E-state index contributed by atoms with van der Waals surface area (Å²) in [7, 11) is 0. The first-order chi connectivity index (χ1) is 8.33. The zero-order valence-electron chi connectivity index (χ0n) is 10.9. The molecule has 0 heterocycles. The average molecular weight is 265 g/mol. The van der Waals surface area contributed by atoms with Gasteiger partial charge in [0.05, 0.1) is 0 Å². The van der Waals surface area contributed by atoms with Crippen molar-refractivity contribution in [1.29, 1.82) is 0 Å². The van der Waals surface area contributed by atoms with Crippen molar-refractivity contribution >= 4 is 5.69 Å².